The van der Waals surface area contributed by atoms with E-state index in [1.807, 2.05) is 24.3 Å². The first-order valence-electron chi connectivity index (χ1n) is 12.9. The normalized spacial score (nSPS) is 16.8. The topological polar surface area (TPSA) is 146 Å². The molecule has 4 aromatic rings. The predicted octanol–water partition coefficient (Wildman–Crippen LogP) is 2.04. The maximum atomic E-state index is 13.8. The van der Waals surface area contributed by atoms with E-state index in [-0.39, 0.29) is 36.5 Å². The zero-order valence-corrected chi connectivity index (χ0v) is 22.7. The Morgan fingerprint density at radius 1 is 1.00 bits per heavy atom. The molecule has 2 heterocycles. The summed E-state index contributed by atoms with van der Waals surface area (Å²) in [7, 11) is -4.16. The van der Waals surface area contributed by atoms with E-state index in [4.69, 9.17) is 5.73 Å². The Bertz CT molecular complexity index is 1710. The summed E-state index contributed by atoms with van der Waals surface area (Å²) < 4.78 is 42.1. The number of piperazine rings is 1. The molecular formula is C29H28FN5O5S. The lowest BCUT2D eigenvalue weighted by Crippen LogP contribution is -2.63. The number of aromatic amines is 1. The number of amides is 3. The number of hydrogen-bond acceptors (Lipinski definition) is 5. The fourth-order valence-corrected chi connectivity index (χ4v) is 6.59. The van der Waals surface area contributed by atoms with Crippen LogP contribution in [-0.2, 0) is 26.0 Å². The van der Waals surface area contributed by atoms with Crippen molar-refractivity contribution < 1.29 is 27.2 Å². The van der Waals surface area contributed by atoms with Gasteiger partial charge in [0.25, 0.3) is 5.91 Å². The number of hydrogen-bond donors (Lipinski definition) is 3. The van der Waals surface area contributed by atoms with Gasteiger partial charge in [-0.15, -0.1) is 0 Å². The van der Waals surface area contributed by atoms with Gasteiger partial charge < -0.3 is 20.9 Å². The van der Waals surface area contributed by atoms with Crippen LogP contribution in [0.3, 0.4) is 0 Å². The predicted molar refractivity (Wildman–Crippen MR) is 150 cm³/mol. The minimum Gasteiger partial charge on any atom is -0.368 e. The number of nitrogens with one attached hydrogen (secondary N) is 2. The van der Waals surface area contributed by atoms with E-state index >= 15 is 0 Å². The van der Waals surface area contributed by atoms with Crippen LogP contribution >= 0.6 is 0 Å². The van der Waals surface area contributed by atoms with Gasteiger partial charge in [0.1, 0.15) is 17.9 Å². The molecule has 0 saturated carbocycles. The molecule has 1 aromatic heterocycles. The van der Waals surface area contributed by atoms with Crippen LogP contribution in [0.5, 0.6) is 0 Å². The van der Waals surface area contributed by atoms with Crippen LogP contribution in [0.15, 0.2) is 90.0 Å². The molecule has 4 N–H and O–H groups in total. The van der Waals surface area contributed by atoms with Gasteiger partial charge in [0, 0.05) is 48.7 Å². The van der Waals surface area contributed by atoms with E-state index < -0.39 is 45.6 Å². The van der Waals surface area contributed by atoms with Crippen molar-refractivity contribution >= 4 is 38.6 Å². The second-order valence-corrected chi connectivity index (χ2v) is 11.6. The lowest BCUT2D eigenvalue weighted by atomic mass is 10.0. The van der Waals surface area contributed by atoms with Crippen molar-refractivity contribution in [1.82, 2.24) is 19.5 Å². The molecule has 3 amide bonds. The van der Waals surface area contributed by atoms with Gasteiger partial charge in [-0.2, -0.15) is 4.31 Å². The van der Waals surface area contributed by atoms with Crippen LogP contribution in [0.25, 0.3) is 10.9 Å². The number of nitrogens with two attached hydrogens (primary N) is 1. The molecular weight excluding hydrogens is 549 g/mol. The molecule has 0 spiro atoms. The molecule has 5 rings (SSSR count). The molecule has 0 aliphatic carbocycles. The zero-order valence-electron chi connectivity index (χ0n) is 21.9. The van der Waals surface area contributed by atoms with Crippen LogP contribution in [0.2, 0.25) is 0 Å². The van der Waals surface area contributed by atoms with E-state index in [9.17, 15) is 27.2 Å². The Hall–Kier alpha value is -4.55. The fourth-order valence-electron chi connectivity index (χ4n) is 5.00. The second kappa shape index (κ2) is 11.5. The van der Waals surface area contributed by atoms with Crippen molar-refractivity contribution in [2.75, 3.05) is 19.6 Å². The summed E-state index contributed by atoms with van der Waals surface area (Å²) in [6.07, 6.45) is 1.79. The molecule has 2 atom stereocenters. The van der Waals surface area contributed by atoms with Crippen molar-refractivity contribution in [2.24, 2.45) is 5.73 Å². The van der Waals surface area contributed by atoms with Gasteiger partial charge >= 0.3 is 0 Å². The zero-order chi connectivity index (χ0) is 29.1. The standard InChI is InChI=1S/C29H28FN5O5S/c30-21-8-6-7-19(15-21)29(38)34-13-14-35(41(39,40)22-9-2-1-3-10-22)26(18-34)28(37)33-25(27(31)36)16-20-17-32-24-12-5-4-11-23(20)24/h1-12,15,17,25-26,32H,13-14,16,18H2,(H2,31,36)(H,33,37). The van der Waals surface area contributed by atoms with Crippen molar-refractivity contribution in [2.45, 2.75) is 23.4 Å². The number of primary amides is 1. The number of carbonyl (C=O) groups is 3. The highest BCUT2D eigenvalue weighted by atomic mass is 32.2. The quantitative estimate of drug-likeness (QED) is 0.293. The smallest absolute Gasteiger partial charge is 0.254 e. The average molecular weight is 578 g/mol. The summed E-state index contributed by atoms with van der Waals surface area (Å²) in [6, 6.07) is 17.7. The highest BCUT2D eigenvalue weighted by Gasteiger charge is 2.42. The summed E-state index contributed by atoms with van der Waals surface area (Å²) in [5.74, 6) is -2.74. The summed E-state index contributed by atoms with van der Waals surface area (Å²) in [5.41, 5.74) is 7.31. The van der Waals surface area contributed by atoms with Crippen LogP contribution in [0.1, 0.15) is 15.9 Å². The van der Waals surface area contributed by atoms with E-state index in [2.05, 4.69) is 10.3 Å². The Kier molecular flexibility index (Phi) is 7.86. The Morgan fingerprint density at radius 3 is 2.46 bits per heavy atom. The van der Waals surface area contributed by atoms with E-state index in [1.54, 1.807) is 24.4 Å². The van der Waals surface area contributed by atoms with Gasteiger partial charge in [0.15, 0.2) is 0 Å². The number of fused-ring (bicyclic) bond motifs is 1. The van der Waals surface area contributed by atoms with Crippen molar-refractivity contribution in [3.63, 3.8) is 0 Å². The molecule has 0 radical (unpaired) electrons. The van der Waals surface area contributed by atoms with E-state index in [1.165, 1.54) is 35.2 Å². The number of halogens is 1. The molecule has 3 aromatic carbocycles. The number of rotatable bonds is 8. The number of nitrogens with zero attached hydrogens (tertiary/aromatic N) is 2. The van der Waals surface area contributed by atoms with Gasteiger partial charge in [-0.05, 0) is 42.0 Å². The van der Waals surface area contributed by atoms with Gasteiger partial charge in [0.05, 0.1) is 4.90 Å². The van der Waals surface area contributed by atoms with Crippen LogP contribution in [0.4, 0.5) is 4.39 Å². The highest BCUT2D eigenvalue weighted by molar-refractivity contribution is 7.89. The number of H-pyrrole nitrogens is 1. The summed E-state index contributed by atoms with van der Waals surface area (Å²) in [4.78, 5) is 43.7. The molecule has 41 heavy (non-hydrogen) atoms. The first-order chi connectivity index (χ1) is 19.6. The SMILES string of the molecule is NC(=O)C(Cc1c[nH]c2ccccc12)NC(=O)C1CN(C(=O)c2cccc(F)c2)CCN1S(=O)(=O)c1ccccc1. The maximum Gasteiger partial charge on any atom is 0.254 e. The molecule has 1 aliphatic rings. The molecule has 212 valence electrons. The number of carbonyl (C=O) groups excluding carboxylic acids is 3. The summed E-state index contributed by atoms with van der Waals surface area (Å²) >= 11 is 0. The lowest BCUT2D eigenvalue weighted by Gasteiger charge is -2.40. The Morgan fingerprint density at radius 2 is 1.73 bits per heavy atom. The maximum absolute atomic E-state index is 13.8. The van der Waals surface area contributed by atoms with Crippen LogP contribution in [-0.4, -0.2) is 72.0 Å². The molecule has 1 aliphatic heterocycles. The van der Waals surface area contributed by atoms with Crippen LogP contribution < -0.4 is 11.1 Å². The van der Waals surface area contributed by atoms with Gasteiger partial charge in [0.2, 0.25) is 21.8 Å². The molecule has 1 saturated heterocycles. The summed E-state index contributed by atoms with van der Waals surface area (Å²) in [5, 5.41) is 3.47. The third kappa shape index (κ3) is 5.83. The van der Waals surface area contributed by atoms with Crippen molar-refractivity contribution in [3.05, 3.63) is 102 Å². The largest absolute Gasteiger partial charge is 0.368 e. The number of para-hydroxylation sites is 1. The van der Waals surface area contributed by atoms with Crippen LogP contribution in [0, 0.1) is 5.82 Å². The minimum atomic E-state index is -4.16. The average Bonchev–Trinajstić information content (AvgIpc) is 3.39. The molecule has 1 fully saturated rings. The first-order valence-corrected chi connectivity index (χ1v) is 14.4. The molecule has 2 unspecified atom stereocenters. The number of sulfonamides is 1. The third-order valence-electron chi connectivity index (χ3n) is 7.10. The minimum absolute atomic E-state index is 0.0204. The van der Waals surface area contributed by atoms with Crippen molar-refractivity contribution in [3.8, 4) is 0 Å². The molecule has 0 bridgehead atoms. The molecule has 12 heteroatoms. The third-order valence-corrected chi connectivity index (χ3v) is 9.02. The monoisotopic (exact) mass is 577 g/mol. The first kappa shape index (κ1) is 28.0. The van der Waals surface area contributed by atoms with Gasteiger partial charge in [-0.25, -0.2) is 12.8 Å². The highest BCUT2D eigenvalue weighted by Crippen LogP contribution is 2.24. The Balaban J connectivity index is 1.44. The van der Waals surface area contributed by atoms with Gasteiger partial charge in [-0.3, -0.25) is 14.4 Å². The fraction of sp³-hybridized carbons (Fsp3) is 0.207. The molecule has 10 nitrogen and oxygen atoms in total. The second-order valence-electron chi connectivity index (χ2n) is 9.73. The summed E-state index contributed by atoms with van der Waals surface area (Å²) in [6.45, 7) is -0.536. The van der Waals surface area contributed by atoms with Gasteiger partial charge in [-0.1, -0.05) is 42.5 Å². The number of aromatic nitrogens is 1. The van der Waals surface area contributed by atoms with Crippen molar-refractivity contribution in [1.29, 1.82) is 0 Å². The van der Waals surface area contributed by atoms with E-state index in [0.29, 0.717) is 0 Å². The Labute approximate surface area is 236 Å². The lowest BCUT2D eigenvalue weighted by molar-refractivity contribution is -0.130. The number of benzene rings is 3. The van der Waals surface area contributed by atoms with E-state index in [0.717, 1.165) is 26.8 Å².